The zero-order valence-corrected chi connectivity index (χ0v) is 7.85. The Kier molecular flexibility index (Phi) is 2.55. The lowest BCUT2D eigenvalue weighted by Crippen LogP contribution is -1.91. The molecule has 0 aliphatic rings. The van der Waals surface area contributed by atoms with Crippen LogP contribution in [0.3, 0.4) is 0 Å². The third kappa shape index (κ3) is 2.17. The molecule has 0 aliphatic carbocycles. The van der Waals surface area contributed by atoms with Crippen molar-refractivity contribution in [3.63, 3.8) is 0 Å². The molecule has 5 heteroatoms. The first kappa shape index (κ1) is 8.90. The molecular weight excluding hydrogens is 202 g/mol. The average molecular weight is 208 g/mol. The number of hydrogen-bond acceptors (Lipinski definition) is 4. The van der Waals surface area contributed by atoms with Gasteiger partial charge in [0.25, 0.3) is 0 Å². The van der Waals surface area contributed by atoms with E-state index in [4.69, 9.17) is 16.3 Å². The van der Waals surface area contributed by atoms with Crippen LogP contribution in [0.4, 0.5) is 0 Å². The Balaban J connectivity index is 2.19. The van der Waals surface area contributed by atoms with Crippen LogP contribution in [-0.2, 0) is 0 Å². The van der Waals surface area contributed by atoms with E-state index in [1.807, 2.05) is 30.3 Å². The Bertz CT molecular complexity index is 421. The normalized spacial score (nSPS) is 9.79. The van der Waals surface area contributed by atoms with Crippen molar-refractivity contribution >= 4 is 11.6 Å². The molecular formula is C9H6ClN3O. The number of aromatic nitrogens is 3. The van der Waals surface area contributed by atoms with Gasteiger partial charge >= 0.3 is 0 Å². The summed E-state index contributed by atoms with van der Waals surface area (Å²) in [4.78, 5) is 3.84. The summed E-state index contributed by atoms with van der Waals surface area (Å²) in [7, 11) is 0. The van der Waals surface area contributed by atoms with Crippen LogP contribution < -0.4 is 4.74 Å². The van der Waals surface area contributed by atoms with Crippen LogP contribution in [0.1, 0.15) is 0 Å². The van der Waals surface area contributed by atoms with E-state index >= 15 is 0 Å². The Morgan fingerprint density at radius 3 is 2.64 bits per heavy atom. The van der Waals surface area contributed by atoms with Gasteiger partial charge in [0, 0.05) is 0 Å². The van der Waals surface area contributed by atoms with E-state index in [-0.39, 0.29) is 5.28 Å². The molecule has 0 saturated carbocycles. The van der Waals surface area contributed by atoms with Crippen molar-refractivity contribution in [1.29, 1.82) is 0 Å². The summed E-state index contributed by atoms with van der Waals surface area (Å²) in [5, 5.41) is 7.18. The Morgan fingerprint density at radius 1 is 1.14 bits per heavy atom. The molecule has 0 amide bonds. The third-order valence-electron chi connectivity index (χ3n) is 1.48. The van der Waals surface area contributed by atoms with Gasteiger partial charge in [-0.2, -0.15) is 10.1 Å². The first-order chi connectivity index (χ1) is 6.84. The van der Waals surface area contributed by atoms with Gasteiger partial charge in [-0.3, -0.25) is 0 Å². The van der Waals surface area contributed by atoms with E-state index < -0.39 is 0 Å². The molecule has 0 saturated heterocycles. The first-order valence-electron chi connectivity index (χ1n) is 3.93. The molecule has 0 bridgehead atoms. The maximum Gasteiger partial charge on any atom is 0.246 e. The lowest BCUT2D eigenvalue weighted by Gasteiger charge is -2.02. The van der Waals surface area contributed by atoms with E-state index in [1.165, 1.54) is 6.20 Å². The number of halogens is 1. The topological polar surface area (TPSA) is 47.9 Å². The van der Waals surface area contributed by atoms with Crippen LogP contribution in [0.25, 0.3) is 0 Å². The minimum absolute atomic E-state index is 0.0680. The summed E-state index contributed by atoms with van der Waals surface area (Å²) in [6.07, 6.45) is 1.40. The molecule has 4 nitrogen and oxygen atoms in total. The van der Waals surface area contributed by atoms with E-state index in [0.717, 1.165) is 0 Å². The smallest absolute Gasteiger partial charge is 0.246 e. The van der Waals surface area contributed by atoms with Gasteiger partial charge in [0.2, 0.25) is 11.2 Å². The number of nitrogens with zero attached hydrogens (tertiary/aromatic N) is 3. The van der Waals surface area contributed by atoms with Gasteiger partial charge in [0.05, 0.1) is 0 Å². The highest BCUT2D eigenvalue weighted by molar-refractivity contribution is 6.28. The van der Waals surface area contributed by atoms with E-state index in [1.54, 1.807) is 0 Å². The summed E-state index contributed by atoms with van der Waals surface area (Å²) >= 11 is 5.55. The number of rotatable bonds is 2. The molecule has 2 aromatic rings. The summed E-state index contributed by atoms with van der Waals surface area (Å²) in [6, 6.07) is 9.27. The highest BCUT2D eigenvalue weighted by atomic mass is 35.5. The van der Waals surface area contributed by atoms with Gasteiger partial charge in [0.15, 0.2) is 0 Å². The van der Waals surface area contributed by atoms with Crippen molar-refractivity contribution in [2.75, 3.05) is 0 Å². The SMILES string of the molecule is Clc1nncc(Oc2ccccc2)n1. The minimum Gasteiger partial charge on any atom is -0.437 e. The highest BCUT2D eigenvalue weighted by Crippen LogP contribution is 2.17. The second-order valence-corrected chi connectivity index (χ2v) is 2.82. The predicted octanol–water partition coefficient (Wildman–Crippen LogP) is 2.32. The zero-order valence-electron chi connectivity index (χ0n) is 7.09. The van der Waals surface area contributed by atoms with Crippen LogP contribution in [-0.4, -0.2) is 15.2 Å². The van der Waals surface area contributed by atoms with Crippen molar-refractivity contribution in [3.8, 4) is 11.6 Å². The monoisotopic (exact) mass is 207 g/mol. The number of benzene rings is 1. The molecule has 0 N–H and O–H groups in total. The number of hydrogen-bond donors (Lipinski definition) is 0. The lowest BCUT2D eigenvalue weighted by atomic mass is 10.3. The van der Waals surface area contributed by atoms with Gasteiger partial charge in [-0.25, -0.2) is 0 Å². The maximum absolute atomic E-state index is 5.55. The van der Waals surface area contributed by atoms with Crippen molar-refractivity contribution in [2.45, 2.75) is 0 Å². The zero-order chi connectivity index (χ0) is 9.80. The van der Waals surface area contributed by atoms with Crippen molar-refractivity contribution in [1.82, 2.24) is 15.2 Å². The quantitative estimate of drug-likeness (QED) is 0.758. The molecule has 0 radical (unpaired) electrons. The average Bonchev–Trinajstić information content (AvgIpc) is 2.19. The summed E-state index contributed by atoms with van der Waals surface area (Å²) < 4.78 is 5.36. The maximum atomic E-state index is 5.55. The van der Waals surface area contributed by atoms with Crippen molar-refractivity contribution in [2.24, 2.45) is 0 Å². The lowest BCUT2D eigenvalue weighted by molar-refractivity contribution is 0.457. The van der Waals surface area contributed by atoms with Crippen LogP contribution >= 0.6 is 11.6 Å². The van der Waals surface area contributed by atoms with E-state index in [0.29, 0.717) is 11.6 Å². The van der Waals surface area contributed by atoms with Gasteiger partial charge in [0.1, 0.15) is 11.9 Å². The van der Waals surface area contributed by atoms with Gasteiger partial charge < -0.3 is 4.74 Å². The molecule has 1 aromatic heterocycles. The van der Waals surface area contributed by atoms with E-state index in [9.17, 15) is 0 Å². The fraction of sp³-hybridized carbons (Fsp3) is 0. The van der Waals surface area contributed by atoms with Gasteiger partial charge in [-0.15, -0.1) is 5.10 Å². The fourth-order valence-electron chi connectivity index (χ4n) is 0.927. The number of para-hydroxylation sites is 1. The van der Waals surface area contributed by atoms with E-state index in [2.05, 4.69) is 15.2 Å². The molecule has 1 aromatic carbocycles. The Hall–Kier alpha value is -1.68. The second-order valence-electron chi connectivity index (χ2n) is 2.48. The molecule has 0 fully saturated rings. The van der Waals surface area contributed by atoms with Crippen molar-refractivity contribution < 1.29 is 4.74 Å². The molecule has 0 unspecified atom stereocenters. The summed E-state index contributed by atoms with van der Waals surface area (Å²) in [5.74, 6) is 1.01. The molecule has 0 spiro atoms. The number of ether oxygens (including phenoxy) is 1. The summed E-state index contributed by atoms with van der Waals surface area (Å²) in [5.41, 5.74) is 0. The van der Waals surface area contributed by atoms with Gasteiger partial charge in [-0.05, 0) is 23.7 Å². The fourth-order valence-corrected chi connectivity index (χ4v) is 1.05. The molecule has 0 atom stereocenters. The van der Waals surface area contributed by atoms with Crippen LogP contribution in [0.5, 0.6) is 11.6 Å². The molecule has 70 valence electrons. The van der Waals surface area contributed by atoms with Crippen molar-refractivity contribution in [3.05, 3.63) is 41.8 Å². The molecule has 14 heavy (non-hydrogen) atoms. The predicted molar refractivity (Wildman–Crippen MR) is 51.4 cm³/mol. The van der Waals surface area contributed by atoms with Crippen LogP contribution in [0.2, 0.25) is 5.28 Å². The van der Waals surface area contributed by atoms with Crippen LogP contribution in [0.15, 0.2) is 36.5 Å². The second kappa shape index (κ2) is 4.02. The highest BCUT2D eigenvalue weighted by Gasteiger charge is 1.99. The van der Waals surface area contributed by atoms with Crippen LogP contribution in [0, 0.1) is 0 Å². The molecule has 0 aliphatic heterocycles. The summed E-state index contributed by atoms with van der Waals surface area (Å²) in [6.45, 7) is 0. The Labute approximate surface area is 85.5 Å². The largest absolute Gasteiger partial charge is 0.437 e. The Morgan fingerprint density at radius 2 is 1.93 bits per heavy atom. The minimum atomic E-state index is 0.0680. The van der Waals surface area contributed by atoms with Gasteiger partial charge in [-0.1, -0.05) is 18.2 Å². The molecule has 2 rings (SSSR count). The first-order valence-corrected chi connectivity index (χ1v) is 4.30. The third-order valence-corrected chi connectivity index (χ3v) is 1.64. The molecule has 1 heterocycles. The standard InChI is InChI=1S/C9H6ClN3O/c10-9-12-8(6-11-13-9)14-7-4-2-1-3-5-7/h1-6H.